The number of amides is 2. The quantitative estimate of drug-likeness (QED) is 0.796. The zero-order valence-corrected chi connectivity index (χ0v) is 15.1. The van der Waals surface area contributed by atoms with Gasteiger partial charge in [-0.05, 0) is 18.1 Å². The molecule has 0 radical (unpaired) electrons. The largest absolute Gasteiger partial charge is 0.347 e. The molecule has 3 rings (SSSR count). The van der Waals surface area contributed by atoms with Crippen LogP contribution in [0.5, 0.6) is 0 Å². The monoisotopic (exact) mass is 364 g/mol. The van der Waals surface area contributed by atoms with Crippen molar-refractivity contribution in [1.82, 2.24) is 9.80 Å². The number of piperidine rings is 1. The normalized spacial score (nSPS) is 18.9. The second-order valence-electron chi connectivity index (χ2n) is 6.77. The zero-order chi connectivity index (χ0) is 18.6. The maximum atomic E-state index is 13.7. The number of nitrogens with zero attached hydrogens (tertiary/aromatic N) is 2. The topological polar surface area (TPSA) is 59.1 Å². The van der Waals surface area contributed by atoms with Gasteiger partial charge in [-0.2, -0.15) is 0 Å². The molecule has 0 atom stereocenters. The number of likely N-dealkylation sites (tertiary alicyclic amines) is 1. The van der Waals surface area contributed by atoms with Gasteiger partial charge in [-0.25, -0.2) is 4.39 Å². The van der Waals surface area contributed by atoms with E-state index in [-0.39, 0.29) is 24.2 Å². The first-order valence-corrected chi connectivity index (χ1v) is 9.04. The van der Waals surface area contributed by atoms with Crippen LogP contribution in [0.3, 0.4) is 0 Å². The fourth-order valence-corrected chi connectivity index (χ4v) is 3.45. The molecule has 2 heterocycles. The Balaban J connectivity index is 1.52. The van der Waals surface area contributed by atoms with Gasteiger partial charge >= 0.3 is 0 Å². The third-order valence-electron chi connectivity index (χ3n) is 5.07. The van der Waals surface area contributed by atoms with Gasteiger partial charge in [0.15, 0.2) is 5.79 Å². The van der Waals surface area contributed by atoms with Gasteiger partial charge in [-0.3, -0.25) is 9.59 Å². The van der Waals surface area contributed by atoms with Crippen molar-refractivity contribution in [2.24, 2.45) is 0 Å². The second-order valence-corrected chi connectivity index (χ2v) is 6.77. The molecule has 0 aromatic heterocycles. The molecule has 0 saturated carbocycles. The fraction of sp³-hybridized carbons (Fsp3) is 0.579. The summed E-state index contributed by atoms with van der Waals surface area (Å²) in [5, 5.41) is 0. The Bertz CT molecular complexity index is 651. The minimum atomic E-state index is -0.526. The Labute approximate surface area is 152 Å². The molecule has 0 bridgehead atoms. The Kier molecular flexibility index (Phi) is 5.88. The van der Waals surface area contributed by atoms with Crippen molar-refractivity contribution in [1.29, 1.82) is 0 Å². The molecule has 7 heteroatoms. The summed E-state index contributed by atoms with van der Waals surface area (Å²) in [6.45, 7) is 4.06. The molecule has 1 aromatic rings. The van der Waals surface area contributed by atoms with Crippen LogP contribution in [-0.2, 0) is 25.5 Å². The first kappa shape index (κ1) is 18.8. The number of carbonyl (C=O) groups excluding carboxylic acids is 2. The van der Waals surface area contributed by atoms with Gasteiger partial charge < -0.3 is 19.3 Å². The molecule has 1 spiro atoms. The van der Waals surface area contributed by atoms with Gasteiger partial charge in [-0.1, -0.05) is 18.2 Å². The highest BCUT2D eigenvalue weighted by Gasteiger charge is 2.40. The Morgan fingerprint density at radius 3 is 2.46 bits per heavy atom. The van der Waals surface area contributed by atoms with E-state index in [1.54, 1.807) is 23.1 Å². The summed E-state index contributed by atoms with van der Waals surface area (Å²) in [5.41, 5.74) is 0.543. The standard InChI is InChI=1S/C19H25FN2O4/c1-15(23)22(9-6-16-4-2-3-5-17(16)20)14-18(24)21-10-7-19(8-11-21)25-12-13-26-19/h2-5H,6-14H2,1H3. The number of benzene rings is 1. The van der Waals surface area contributed by atoms with Crippen LogP contribution in [0.1, 0.15) is 25.3 Å². The molecule has 1 aromatic carbocycles. The van der Waals surface area contributed by atoms with Crippen molar-refractivity contribution < 1.29 is 23.5 Å². The number of hydrogen-bond acceptors (Lipinski definition) is 4. The number of rotatable bonds is 5. The molecule has 0 N–H and O–H groups in total. The van der Waals surface area contributed by atoms with Gasteiger partial charge in [0.25, 0.3) is 0 Å². The minimum absolute atomic E-state index is 0.0124. The van der Waals surface area contributed by atoms with Crippen LogP contribution in [0.15, 0.2) is 24.3 Å². The number of hydrogen-bond donors (Lipinski definition) is 0. The summed E-state index contributed by atoms with van der Waals surface area (Å²) in [6.07, 6.45) is 1.67. The van der Waals surface area contributed by atoms with Gasteiger partial charge in [0, 0.05) is 39.4 Å². The van der Waals surface area contributed by atoms with E-state index < -0.39 is 5.79 Å². The lowest BCUT2D eigenvalue weighted by Gasteiger charge is -2.38. The molecule has 2 aliphatic rings. The Hall–Kier alpha value is -1.99. The van der Waals surface area contributed by atoms with Crippen LogP contribution in [0, 0.1) is 5.82 Å². The van der Waals surface area contributed by atoms with Gasteiger partial charge in [-0.15, -0.1) is 0 Å². The molecule has 2 amide bonds. The van der Waals surface area contributed by atoms with Crippen LogP contribution in [0.4, 0.5) is 4.39 Å². The number of carbonyl (C=O) groups is 2. The van der Waals surface area contributed by atoms with E-state index in [2.05, 4.69) is 0 Å². The van der Waals surface area contributed by atoms with E-state index in [0.29, 0.717) is 57.7 Å². The van der Waals surface area contributed by atoms with Crippen LogP contribution in [-0.4, -0.2) is 66.8 Å². The zero-order valence-electron chi connectivity index (χ0n) is 15.1. The average molecular weight is 364 g/mol. The Morgan fingerprint density at radius 1 is 1.19 bits per heavy atom. The van der Waals surface area contributed by atoms with Gasteiger partial charge in [0.05, 0.1) is 19.8 Å². The maximum absolute atomic E-state index is 13.7. The molecule has 0 unspecified atom stereocenters. The van der Waals surface area contributed by atoms with Crippen LogP contribution < -0.4 is 0 Å². The number of ether oxygens (including phenoxy) is 2. The second kappa shape index (κ2) is 8.14. The third kappa shape index (κ3) is 4.40. The molecule has 0 aliphatic carbocycles. The summed E-state index contributed by atoms with van der Waals surface area (Å²) in [4.78, 5) is 27.7. The van der Waals surface area contributed by atoms with Crippen molar-refractivity contribution in [2.75, 3.05) is 39.4 Å². The van der Waals surface area contributed by atoms with E-state index in [0.717, 1.165) is 0 Å². The van der Waals surface area contributed by atoms with Crippen LogP contribution in [0.25, 0.3) is 0 Å². The van der Waals surface area contributed by atoms with E-state index in [1.165, 1.54) is 17.9 Å². The predicted octanol–water partition coefficient (Wildman–Crippen LogP) is 1.58. The van der Waals surface area contributed by atoms with E-state index in [4.69, 9.17) is 9.47 Å². The number of halogens is 1. The van der Waals surface area contributed by atoms with Crippen LogP contribution >= 0.6 is 0 Å². The third-order valence-corrected chi connectivity index (χ3v) is 5.07. The first-order chi connectivity index (χ1) is 12.5. The van der Waals surface area contributed by atoms with Crippen molar-refractivity contribution in [3.05, 3.63) is 35.6 Å². The summed E-state index contributed by atoms with van der Waals surface area (Å²) < 4.78 is 25.1. The lowest BCUT2D eigenvalue weighted by atomic mass is 10.0. The van der Waals surface area contributed by atoms with Crippen molar-refractivity contribution in [2.45, 2.75) is 32.0 Å². The fourth-order valence-electron chi connectivity index (χ4n) is 3.45. The highest BCUT2D eigenvalue weighted by molar-refractivity contribution is 5.84. The SMILES string of the molecule is CC(=O)N(CCc1ccccc1F)CC(=O)N1CCC2(CC1)OCCO2. The van der Waals surface area contributed by atoms with Gasteiger partial charge in [0.1, 0.15) is 5.82 Å². The lowest BCUT2D eigenvalue weighted by molar-refractivity contribution is -0.187. The van der Waals surface area contributed by atoms with Crippen molar-refractivity contribution in [3.63, 3.8) is 0 Å². The predicted molar refractivity (Wildman–Crippen MR) is 92.8 cm³/mol. The molecule has 142 valence electrons. The summed E-state index contributed by atoms with van der Waals surface area (Å²) >= 11 is 0. The van der Waals surface area contributed by atoms with Crippen molar-refractivity contribution >= 4 is 11.8 Å². The van der Waals surface area contributed by atoms with Crippen molar-refractivity contribution in [3.8, 4) is 0 Å². The summed E-state index contributed by atoms with van der Waals surface area (Å²) in [7, 11) is 0. The van der Waals surface area contributed by atoms with Crippen LogP contribution in [0.2, 0.25) is 0 Å². The summed E-state index contributed by atoms with van der Waals surface area (Å²) in [6, 6.07) is 6.49. The van der Waals surface area contributed by atoms with E-state index >= 15 is 0 Å². The van der Waals surface area contributed by atoms with E-state index in [1.807, 2.05) is 0 Å². The highest BCUT2D eigenvalue weighted by Crippen LogP contribution is 2.31. The molecular formula is C19H25FN2O4. The summed E-state index contributed by atoms with van der Waals surface area (Å²) in [5.74, 6) is -1.10. The molecule has 26 heavy (non-hydrogen) atoms. The molecular weight excluding hydrogens is 339 g/mol. The maximum Gasteiger partial charge on any atom is 0.242 e. The van der Waals surface area contributed by atoms with Gasteiger partial charge in [0.2, 0.25) is 11.8 Å². The first-order valence-electron chi connectivity index (χ1n) is 9.04. The molecule has 2 aliphatic heterocycles. The molecule has 2 saturated heterocycles. The lowest BCUT2D eigenvalue weighted by Crippen LogP contribution is -2.50. The molecule has 2 fully saturated rings. The minimum Gasteiger partial charge on any atom is -0.347 e. The Morgan fingerprint density at radius 2 is 1.85 bits per heavy atom. The smallest absolute Gasteiger partial charge is 0.242 e. The highest BCUT2D eigenvalue weighted by atomic mass is 19.1. The molecule has 6 nitrogen and oxygen atoms in total. The van der Waals surface area contributed by atoms with E-state index in [9.17, 15) is 14.0 Å². The average Bonchev–Trinajstić information content (AvgIpc) is 3.08.